The Kier molecular flexibility index (Phi) is 7.26. The molecule has 3 rings (SSSR count). The average molecular weight is 433 g/mol. The second-order valence-electron chi connectivity index (χ2n) is 8.79. The second-order valence-corrected chi connectivity index (χ2v) is 9.66. The van der Waals surface area contributed by atoms with Crippen LogP contribution in [0.1, 0.15) is 50.7 Å². The molecule has 1 amide bonds. The second kappa shape index (κ2) is 9.51. The first-order valence-electron chi connectivity index (χ1n) is 10.3. The first-order valence-corrected chi connectivity index (χ1v) is 11.0. The predicted octanol–water partition coefficient (Wildman–Crippen LogP) is 5.60. The van der Waals surface area contributed by atoms with E-state index >= 15 is 0 Å². The van der Waals surface area contributed by atoms with E-state index < -0.39 is 5.41 Å². The van der Waals surface area contributed by atoms with Gasteiger partial charge in [-0.1, -0.05) is 47.5 Å². The van der Waals surface area contributed by atoms with Crippen molar-refractivity contribution in [3.8, 4) is 0 Å². The largest absolute Gasteiger partial charge is 0.353 e. The maximum atomic E-state index is 13.0. The molecule has 2 aromatic carbocycles. The molecular weight excluding hydrogens is 403 g/mol. The molecular formula is C24H30Cl2N2O. The Morgan fingerprint density at radius 2 is 1.59 bits per heavy atom. The summed E-state index contributed by atoms with van der Waals surface area (Å²) in [6.07, 6.45) is 3.24. The van der Waals surface area contributed by atoms with Crippen LogP contribution in [0.4, 0.5) is 0 Å². The van der Waals surface area contributed by atoms with Crippen molar-refractivity contribution in [2.75, 3.05) is 6.54 Å². The number of amides is 1. The monoisotopic (exact) mass is 432 g/mol. The van der Waals surface area contributed by atoms with Crippen molar-refractivity contribution >= 4 is 29.1 Å². The summed E-state index contributed by atoms with van der Waals surface area (Å²) in [6, 6.07) is 16.4. The number of benzene rings is 2. The molecule has 1 aliphatic rings. The number of nitrogens with one attached hydrogen (secondary N) is 2. The lowest BCUT2D eigenvalue weighted by Gasteiger charge is -2.31. The van der Waals surface area contributed by atoms with E-state index in [0.29, 0.717) is 17.6 Å². The summed E-state index contributed by atoms with van der Waals surface area (Å²) in [5, 5.41) is 8.18. The van der Waals surface area contributed by atoms with Crippen molar-refractivity contribution in [3.63, 3.8) is 0 Å². The molecule has 2 N–H and O–H groups in total. The molecule has 2 atom stereocenters. The fourth-order valence-electron chi connectivity index (χ4n) is 3.44. The van der Waals surface area contributed by atoms with Crippen molar-refractivity contribution in [2.24, 2.45) is 5.41 Å². The minimum absolute atomic E-state index is 0.0282. The summed E-state index contributed by atoms with van der Waals surface area (Å²) in [5.41, 5.74) is 1.89. The molecule has 0 aromatic heterocycles. The van der Waals surface area contributed by atoms with E-state index in [4.69, 9.17) is 23.2 Å². The highest BCUT2D eigenvalue weighted by atomic mass is 35.5. The van der Waals surface area contributed by atoms with Gasteiger partial charge < -0.3 is 10.6 Å². The van der Waals surface area contributed by atoms with Crippen molar-refractivity contribution in [2.45, 2.75) is 58.0 Å². The van der Waals surface area contributed by atoms with Gasteiger partial charge in [-0.25, -0.2) is 0 Å². The molecule has 1 aliphatic carbocycles. The number of hydrogen-bond donors (Lipinski definition) is 2. The molecule has 29 heavy (non-hydrogen) atoms. The van der Waals surface area contributed by atoms with Crippen molar-refractivity contribution < 1.29 is 4.79 Å². The quantitative estimate of drug-likeness (QED) is 0.540. The first kappa shape index (κ1) is 22.1. The Morgan fingerprint density at radius 1 is 1.03 bits per heavy atom. The normalized spacial score (nSPS) is 16.3. The van der Waals surface area contributed by atoms with Gasteiger partial charge in [0.15, 0.2) is 0 Å². The van der Waals surface area contributed by atoms with Crippen LogP contribution in [0, 0.1) is 5.41 Å². The van der Waals surface area contributed by atoms with E-state index in [0.717, 1.165) is 17.0 Å². The van der Waals surface area contributed by atoms with Crippen LogP contribution >= 0.6 is 23.2 Å². The average Bonchev–Trinajstić information content (AvgIpc) is 3.51. The van der Waals surface area contributed by atoms with E-state index in [9.17, 15) is 4.79 Å². The zero-order valence-electron chi connectivity index (χ0n) is 17.3. The lowest BCUT2D eigenvalue weighted by molar-refractivity contribution is -0.130. The Morgan fingerprint density at radius 3 is 2.14 bits per heavy atom. The standard InChI is InChI=1S/C24H30Cl2N2O/c1-16(28-23(29)24(2,3)15-27-21-12-13-21)22(18-6-10-20(26)11-7-18)14-17-4-8-19(25)9-5-17/h4-11,16,21-22,27H,12-15H2,1-3H3,(H,28,29). The molecule has 5 heteroatoms. The third kappa shape index (κ3) is 6.47. The Hall–Kier alpha value is -1.55. The van der Waals surface area contributed by atoms with Gasteiger partial charge in [0.25, 0.3) is 0 Å². The van der Waals surface area contributed by atoms with Crippen LogP contribution in [0.2, 0.25) is 10.0 Å². The number of halogens is 2. The Labute approximate surface area is 184 Å². The molecule has 0 bridgehead atoms. The van der Waals surface area contributed by atoms with Crippen LogP contribution < -0.4 is 10.6 Å². The van der Waals surface area contributed by atoms with Crippen molar-refractivity contribution in [3.05, 3.63) is 69.7 Å². The summed E-state index contributed by atoms with van der Waals surface area (Å²) in [6.45, 7) is 6.78. The van der Waals surface area contributed by atoms with Crippen LogP contribution in [-0.2, 0) is 11.2 Å². The van der Waals surface area contributed by atoms with Gasteiger partial charge in [0.05, 0.1) is 5.41 Å². The van der Waals surface area contributed by atoms with Gasteiger partial charge in [0.1, 0.15) is 0 Å². The lowest BCUT2D eigenvalue weighted by atomic mass is 9.85. The SMILES string of the molecule is CC(NC(=O)C(C)(C)CNC1CC1)C(Cc1ccc(Cl)cc1)c1ccc(Cl)cc1. The molecule has 2 aromatic rings. The number of carbonyl (C=O) groups excluding carboxylic acids is 1. The lowest BCUT2D eigenvalue weighted by Crippen LogP contribution is -2.48. The summed E-state index contributed by atoms with van der Waals surface area (Å²) in [7, 11) is 0. The Balaban J connectivity index is 1.73. The van der Waals surface area contributed by atoms with Gasteiger partial charge in [-0.2, -0.15) is 0 Å². The molecule has 0 saturated heterocycles. The van der Waals surface area contributed by atoms with Gasteiger partial charge in [0.2, 0.25) is 5.91 Å². The topological polar surface area (TPSA) is 41.1 Å². The molecule has 1 fully saturated rings. The van der Waals surface area contributed by atoms with Gasteiger partial charge in [-0.15, -0.1) is 0 Å². The van der Waals surface area contributed by atoms with Crippen LogP contribution in [0.15, 0.2) is 48.5 Å². The number of hydrogen-bond acceptors (Lipinski definition) is 2. The predicted molar refractivity (Wildman–Crippen MR) is 122 cm³/mol. The van der Waals surface area contributed by atoms with Crippen molar-refractivity contribution in [1.82, 2.24) is 10.6 Å². The third-order valence-corrected chi connectivity index (χ3v) is 6.16. The van der Waals surface area contributed by atoms with Crippen LogP contribution in [0.3, 0.4) is 0 Å². The molecule has 0 spiro atoms. The zero-order chi connectivity index (χ0) is 21.0. The fraction of sp³-hybridized carbons (Fsp3) is 0.458. The Bertz CT molecular complexity index is 814. The molecule has 0 aliphatic heterocycles. The summed E-state index contributed by atoms with van der Waals surface area (Å²) in [5.74, 6) is 0.206. The van der Waals surface area contributed by atoms with Crippen LogP contribution in [-0.4, -0.2) is 24.5 Å². The fourth-order valence-corrected chi connectivity index (χ4v) is 3.69. The number of carbonyl (C=O) groups is 1. The smallest absolute Gasteiger partial charge is 0.227 e. The zero-order valence-corrected chi connectivity index (χ0v) is 18.9. The van der Waals surface area contributed by atoms with Crippen LogP contribution in [0.25, 0.3) is 0 Å². The van der Waals surface area contributed by atoms with E-state index in [1.165, 1.54) is 18.4 Å². The van der Waals surface area contributed by atoms with E-state index in [-0.39, 0.29) is 17.9 Å². The molecule has 156 valence electrons. The molecule has 2 unspecified atom stereocenters. The molecule has 3 nitrogen and oxygen atoms in total. The minimum Gasteiger partial charge on any atom is -0.353 e. The van der Waals surface area contributed by atoms with Gasteiger partial charge in [-0.05, 0) is 75.4 Å². The molecule has 0 heterocycles. The van der Waals surface area contributed by atoms with Crippen LogP contribution in [0.5, 0.6) is 0 Å². The third-order valence-electron chi connectivity index (χ3n) is 5.65. The maximum absolute atomic E-state index is 13.0. The van der Waals surface area contributed by atoms with Gasteiger partial charge in [0, 0.05) is 34.6 Å². The molecule has 1 saturated carbocycles. The molecule has 0 radical (unpaired) electrons. The van der Waals surface area contributed by atoms with Crippen molar-refractivity contribution in [1.29, 1.82) is 0 Å². The number of rotatable bonds is 9. The van der Waals surface area contributed by atoms with E-state index in [1.807, 2.05) is 62.4 Å². The first-order chi connectivity index (χ1) is 13.7. The summed E-state index contributed by atoms with van der Waals surface area (Å²) in [4.78, 5) is 13.0. The summed E-state index contributed by atoms with van der Waals surface area (Å²) >= 11 is 12.1. The maximum Gasteiger partial charge on any atom is 0.227 e. The van der Waals surface area contributed by atoms with Gasteiger partial charge >= 0.3 is 0 Å². The van der Waals surface area contributed by atoms with E-state index in [1.54, 1.807) is 0 Å². The minimum atomic E-state index is -0.457. The highest BCUT2D eigenvalue weighted by Crippen LogP contribution is 2.28. The summed E-state index contributed by atoms with van der Waals surface area (Å²) < 4.78 is 0. The highest BCUT2D eigenvalue weighted by Gasteiger charge is 2.33. The highest BCUT2D eigenvalue weighted by molar-refractivity contribution is 6.30. The van der Waals surface area contributed by atoms with Gasteiger partial charge in [-0.3, -0.25) is 4.79 Å². The van der Waals surface area contributed by atoms with E-state index in [2.05, 4.69) is 17.6 Å².